The SMILES string of the molecule is CCOC(=O)C1CCCCN1S(=O)(=O)c1cccnc1. The summed E-state index contributed by atoms with van der Waals surface area (Å²) in [5.41, 5.74) is 0. The molecule has 0 aromatic carbocycles. The molecule has 0 radical (unpaired) electrons. The Morgan fingerprint density at radius 1 is 1.50 bits per heavy atom. The molecule has 0 spiro atoms. The van der Waals surface area contributed by atoms with Crippen LogP contribution < -0.4 is 0 Å². The topological polar surface area (TPSA) is 76.6 Å². The van der Waals surface area contributed by atoms with E-state index in [0.717, 1.165) is 12.8 Å². The van der Waals surface area contributed by atoms with Crippen molar-refractivity contribution in [2.75, 3.05) is 13.2 Å². The van der Waals surface area contributed by atoms with Gasteiger partial charge in [0.2, 0.25) is 10.0 Å². The van der Waals surface area contributed by atoms with Gasteiger partial charge in [-0.1, -0.05) is 0 Å². The third kappa shape index (κ3) is 2.99. The number of nitrogens with zero attached hydrogens (tertiary/aromatic N) is 2. The quantitative estimate of drug-likeness (QED) is 0.780. The first kappa shape index (κ1) is 14.9. The van der Waals surface area contributed by atoms with Crippen molar-refractivity contribution in [1.82, 2.24) is 9.29 Å². The van der Waals surface area contributed by atoms with E-state index in [4.69, 9.17) is 4.74 Å². The highest BCUT2D eigenvalue weighted by Gasteiger charge is 2.38. The molecule has 2 rings (SSSR count). The van der Waals surface area contributed by atoms with E-state index in [1.54, 1.807) is 13.0 Å². The standard InChI is InChI=1S/C13H18N2O4S/c1-2-19-13(16)12-7-3-4-9-15(12)20(17,18)11-6-5-8-14-10-11/h5-6,8,10,12H,2-4,7,9H2,1H3. The fraction of sp³-hybridized carbons (Fsp3) is 0.538. The van der Waals surface area contributed by atoms with Crippen LogP contribution >= 0.6 is 0 Å². The molecule has 0 N–H and O–H groups in total. The molecule has 1 aliphatic rings. The second kappa shape index (κ2) is 6.32. The number of sulfonamides is 1. The summed E-state index contributed by atoms with van der Waals surface area (Å²) in [5, 5.41) is 0. The lowest BCUT2D eigenvalue weighted by atomic mass is 10.1. The maximum Gasteiger partial charge on any atom is 0.324 e. The minimum atomic E-state index is -3.70. The van der Waals surface area contributed by atoms with Gasteiger partial charge in [0.1, 0.15) is 10.9 Å². The van der Waals surface area contributed by atoms with Crippen LogP contribution in [0.4, 0.5) is 0 Å². The minimum absolute atomic E-state index is 0.108. The van der Waals surface area contributed by atoms with E-state index in [1.807, 2.05) is 0 Å². The minimum Gasteiger partial charge on any atom is -0.465 e. The lowest BCUT2D eigenvalue weighted by Crippen LogP contribution is -2.48. The lowest BCUT2D eigenvalue weighted by molar-refractivity contribution is -0.148. The van der Waals surface area contributed by atoms with Gasteiger partial charge in [-0.2, -0.15) is 4.31 Å². The number of carbonyl (C=O) groups is 1. The number of hydrogen-bond acceptors (Lipinski definition) is 5. The van der Waals surface area contributed by atoms with Gasteiger partial charge >= 0.3 is 5.97 Å². The highest BCUT2D eigenvalue weighted by molar-refractivity contribution is 7.89. The Morgan fingerprint density at radius 3 is 2.95 bits per heavy atom. The molecule has 0 amide bonds. The molecule has 2 heterocycles. The van der Waals surface area contributed by atoms with Crippen molar-refractivity contribution in [3.63, 3.8) is 0 Å². The van der Waals surface area contributed by atoms with E-state index < -0.39 is 22.0 Å². The molecule has 1 atom stereocenters. The van der Waals surface area contributed by atoms with Gasteiger partial charge in [-0.25, -0.2) is 8.42 Å². The normalized spacial score (nSPS) is 20.6. The van der Waals surface area contributed by atoms with Crippen molar-refractivity contribution >= 4 is 16.0 Å². The first-order valence-electron chi connectivity index (χ1n) is 6.66. The van der Waals surface area contributed by atoms with Crippen molar-refractivity contribution in [2.45, 2.75) is 37.1 Å². The number of piperidine rings is 1. The largest absolute Gasteiger partial charge is 0.465 e. The molecule has 1 aromatic rings. The highest BCUT2D eigenvalue weighted by Crippen LogP contribution is 2.25. The number of rotatable bonds is 4. The maximum absolute atomic E-state index is 12.6. The van der Waals surface area contributed by atoms with Gasteiger partial charge in [-0.3, -0.25) is 9.78 Å². The van der Waals surface area contributed by atoms with E-state index in [0.29, 0.717) is 13.0 Å². The molecule has 0 bridgehead atoms. The molecule has 0 saturated carbocycles. The predicted molar refractivity (Wildman–Crippen MR) is 72.4 cm³/mol. The zero-order chi connectivity index (χ0) is 14.6. The number of ether oxygens (including phenoxy) is 1. The third-order valence-electron chi connectivity index (χ3n) is 3.25. The van der Waals surface area contributed by atoms with E-state index >= 15 is 0 Å². The van der Waals surface area contributed by atoms with Gasteiger partial charge in [0.05, 0.1) is 6.61 Å². The zero-order valence-corrected chi connectivity index (χ0v) is 12.2. The molecule has 1 fully saturated rings. The van der Waals surface area contributed by atoms with Crippen LogP contribution in [-0.2, 0) is 19.6 Å². The first-order valence-corrected chi connectivity index (χ1v) is 8.10. The third-order valence-corrected chi connectivity index (χ3v) is 5.15. The van der Waals surface area contributed by atoms with Crippen LogP contribution in [-0.4, -0.2) is 42.9 Å². The molecule has 110 valence electrons. The monoisotopic (exact) mass is 298 g/mol. The Kier molecular flexibility index (Phi) is 4.72. The maximum atomic E-state index is 12.6. The average Bonchev–Trinajstić information content (AvgIpc) is 2.48. The molecule has 6 nitrogen and oxygen atoms in total. The van der Waals surface area contributed by atoms with Gasteiger partial charge in [0, 0.05) is 18.9 Å². The van der Waals surface area contributed by atoms with Crippen LogP contribution in [0.15, 0.2) is 29.4 Å². The summed E-state index contributed by atoms with van der Waals surface area (Å²) in [5.74, 6) is -0.473. The first-order chi connectivity index (χ1) is 9.57. The van der Waals surface area contributed by atoms with Gasteiger partial charge in [0.25, 0.3) is 0 Å². The predicted octanol–water partition coefficient (Wildman–Crippen LogP) is 1.19. The van der Waals surface area contributed by atoms with Crippen molar-refractivity contribution < 1.29 is 17.9 Å². The second-order valence-electron chi connectivity index (χ2n) is 4.57. The van der Waals surface area contributed by atoms with Crippen molar-refractivity contribution in [1.29, 1.82) is 0 Å². The van der Waals surface area contributed by atoms with E-state index in [-0.39, 0.29) is 11.5 Å². The summed E-state index contributed by atoms with van der Waals surface area (Å²) in [6.07, 6.45) is 4.88. The number of esters is 1. The fourth-order valence-electron chi connectivity index (χ4n) is 2.30. The lowest BCUT2D eigenvalue weighted by Gasteiger charge is -2.32. The molecule has 1 saturated heterocycles. The smallest absolute Gasteiger partial charge is 0.324 e. The number of pyridine rings is 1. The van der Waals surface area contributed by atoms with Crippen LogP contribution in [0.1, 0.15) is 26.2 Å². The van der Waals surface area contributed by atoms with E-state index in [2.05, 4.69) is 4.98 Å². The molecular formula is C13H18N2O4S. The molecular weight excluding hydrogens is 280 g/mol. The summed E-state index contributed by atoms with van der Waals surface area (Å²) in [7, 11) is -3.70. The number of hydrogen-bond donors (Lipinski definition) is 0. The molecule has 1 unspecified atom stereocenters. The van der Waals surface area contributed by atoms with Crippen LogP contribution in [0.25, 0.3) is 0 Å². The Labute approximate surface area is 118 Å². The molecule has 1 aromatic heterocycles. The average molecular weight is 298 g/mol. The number of aromatic nitrogens is 1. The fourth-order valence-corrected chi connectivity index (χ4v) is 3.91. The summed E-state index contributed by atoms with van der Waals surface area (Å²) < 4.78 is 31.4. The van der Waals surface area contributed by atoms with Gasteiger partial charge in [-0.05, 0) is 38.3 Å². The van der Waals surface area contributed by atoms with Crippen LogP contribution in [0.2, 0.25) is 0 Å². The van der Waals surface area contributed by atoms with Gasteiger partial charge in [-0.15, -0.1) is 0 Å². The molecule has 7 heteroatoms. The summed E-state index contributed by atoms with van der Waals surface area (Å²) in [4.78, 5) is 15.9. The molecule has 20 heavy (non-hydrogen) atoms. The van der Waals surface area contributed by atoms with Gasteiger partial charge < -0.3 is 4.74 Å². The summed E-state index contributed by atoms with van der Waals surface area (Å²) >= 11 is 0. The van der Waals surface area contributed by atoms with Crippen molar-refractivity contribution in [3.05, 3.63) is 24.5 Å². The Balaban J connectivity index is 2.30. The van der Waals surface area contributed by atoms with E-state index in [1.165, 1.54) is 22.8 Å². The van der Waals surface area contributed by atoms with Crippen LogP contribution in [0, 0.1) is 0 Å². The Bertz CT molecular complexity index is 559. The second-order valence-corrected chi connectivity index (χ2v) is 6.46. The zero-order valence-electron chi connectivity index (χ0n) is 11.4. The van der Waals surface area contributed by atoms with E-state index in [9.17, 15) is 13.2 Å². The Morgan fingerprint density at radius 2 is 2.30 bits per heavy atom. The van der Waals surface area contributed by atoms with Gasteiger partial charge in [0.15, 0.2) is 0 Å². The summed E-state index contributed by atoms with van der Waals surface area (Å²) in [6.45, 7) is 2.29. The molecule has 1 aliphatic heterocycles. The highest BCUT2D eigenvalue weighted by atomic mass is 32.2. The molecule has 0 aliphatic carbocycles. The summed E-state index contributed by atoms with van der Waals surface area (Å²) in [6, 6.07) is 2.32. The Hall–Kier alpha value is -1.47. The van der Waals surface area contributed by atoms with Crippen molar-refractivity contribution in [2.24, 2.45) is 0 Å². The van der Waals surface area contributed by atoms with Crippen molar-refractivity contribution in [3.8, 4) is 0 Å². The van der Waals surface area contributed by atoms with Crippen LogP contribution in [0.5, 0.6) is 0 Å². The van der Waals surface area contributed by atoms with Crippen LogP contribution in [0.3, 0.4) is 0 Å². The number of carbonyl (C=O) groups excluding carboxylic acids is 1.